The second-order valence-corrected chi connectivity index (χ2v) is 5.03. The first-order valence-electron chi connectivity index (χ1n) is 6.62. The summed E-state index contributed by atoms with van der Waals surface area (Å²) in [5.74, 6) is 0.813. The number of ether oxygens (including phenoxy) is 2. The van der Waals surface area contributed by atoms with E-state index in [2.05, 4.69) is 36.5 Å². The van der Waals surface area contributed by atoms with Crippen molar-refractivity contribution in [1.82, 2.24) is 5.32 Å². The molecule has 1 aromatic rings. The standard InChI is InChI=1S/C15H23NO2/c1-11(15(17-2)18-3)16-10-12-5-4-6-14(9-12)13-7-8-13/h4-6,9,11,13,15-16H,7-8,10H2,1-3H3. The summed E-state index contributed by atoms with van der Waals surface area (Å²) in [4.78, 5) is 0. The molecule has 1 fully saturated rings. The van der Waals surface area contributed by atoms with Crippen LogP contribution in [-0.4, -0.2) is 26.6 Å². The molecule has 1 atom stereocenters. The van der Waals surface area contributed by atoms with E-state index in [-0.39, 0.29) is 12.3 Å². The van der Waals surface area contributed by atoms with E-state index in [4.69, 9.17) is 9.47 Å². The highest BCUT2D eigenvalue weighted by Crippen LogP contribution is 2.40. The van der Waals surface area contributed by atoms with E-state index >= 15 is 0 Å². The van der Waals surface area contributed by atoms with Gasteiger partial charge in [0.15, 0.2) is 6.29 Å². The molecule has 0 amide bonds. The van der Waals surface area contributed by atoms with Crippen LogP contribution in [0, 0.1) is 0 Å². The topological polar surface area (TPSA) is 30.5 Å². The van der Waals surface area contributed by atoms with E-state index in [9.17, 15) is 0 Å². The monoisotopic (exact) mass is 249 g/mol. The van der Waals surface area contributed by atoms with Gasteiger partial charge < -0.3 is 14.8 Å². The van der Waals surface area contributed by atoms with Crippen molar-refractivity contribution in [3.63, 3.8) is 0 Å². The Hall–Kier alpha value is -0.900. The lowest BCUT2D eigenvalue weighted by Gasteiger charge is -2.22. The zero-order valence-electron chi connectivity index (χ0n) is 11.5. The molecule has 1 aliphatic carbocycles. The lowest BCUT2D eigenvalue weighted by molar-refractivity contribution is -0.119. The predicted molar refractivity (Wildman–Crippen MR) is 72.5 cm³/mol. The molecule has 1 aromatic carbocycles. The maximum atomic E-state index is 5.24. The molecule has 100 valence electrons. The van der Waals surface area contributed by atoms with Gasteiger partial charge in [-0.25, -0.2) is 0 Å². The van der Waals surface area contributed by atoms with Crippen LogP contribution in [0.1, 0.15) is 36.8 Å². The zero-order valence-corrected chi connectivity index (χ0v) is 11.5. The maximum absolute atomic E-state index is 5.24. The fraction of sp³-hybridized carbons (Fsp3) is 0.600. The third-order valence-electron chi connectivity index (χ3n) is 3.50. The second-order valence-electron chi connectivity index (χ2n) is 5.03. The minimum atomic E-state index is -0.198. The van der Waals surface area contributed by atoms with Crippen LogP contribution in [-0.2, 0) is 16.0 Å². The van der Waals surface area contributed by atoms with Crippen molar-refractivity contribution in [3.8, 4) is 0 Å². The molecule has 0 spiro atoms. The van der Waals surface area contributed by atoms with Crippen LogP contribution >= 0.6 is 0 Å². The smallest absolute Gasteiger partial charge is 0.171 e. The minimum absolute atomic E-state index is 0.171. The molecule has 0 aromatic heterocycles. The molecule has 1 N–H and O–H groups in total. The zero-order chi connectivity index (χ0) is 13.0. The molecule has 0 saturated heterocycles. The first-order chi connectivity index (χ1) is 8.74. The van der Waals surface area contributed by atoms with Crippen molar-refractivity contribution in [2.75, 3.05) is 14.2 Å². The Morgan fingerprint density at radius 3 is 2.61 bits per heavy atom. The Kier molecular flexibility index (Phi) is 4.75. The molecule has 1 aliphatic rings. The molecule has 0 radical (unpaired) electrons. The molecule has 18 heavy (non-hydrogen) atoms. The summed E-state index contributed by atoms with van der Waals surface area (Å²) in [6.07, 6.45) is 2.50. The van der Waals surface area contributed by atoms with Crippen LogP contribution < -0.4 is 5.32 Å². The highest BCUT2D eigenvalue weighted by atomic mass is 16.7. The highest BCUT2D eigenvalue weighted by molar-refractivity contribution is 5.29. The van der Waals surface area contributed by atoms with E-state index in [0.29, 0.717) is 0 Å². The van der Waals surface area contributed by atoms with Crippen LogP contribution in [0.4, 0.5) is 0 Å². The van der Waals surface area contributed by atoms with Gasteiger partial charge in [-0.3, -0.25) is 0 Å². The van der Waals surface area contributed by atoms with Gasteiger partial charge in [-0.1, -0.05) is 24.3 Å². The van der Waals surface area contributed by atoms with Crippen molar-refractivity contribution in [3.05, 3.63) is 35.4 Å². The number of nitrogens with one attached hydrogen (secondary N) is 1. The third-order valence-corrected chi connectivity index (χ3v) is 3.50. The molecule has 0 heterocycles. The number of hydrogen-bond acceptors (Lipinski definition) is 3. The molecule has 1 saturated carbocycles. The molecule has 0 aliphatic heterocycles. The normalized spacial score (nSPS) is 17.1. The van der Waals surface area contributed by atoms with Crippen LogP contribution in [0.5, 0.6) is 0 Å². The number of methoxy groups -OCH3 is 2. The van der Waals surface area contributed by atoms with Gasteiger partial charge in [-0.15, -0.1) is 0 Å². The van der Waals surface area contributed by atoms with E-state index in [1.54, 1.807) is 14.2 Å². The first-order valence-corrected chi connectivity index (χ1v) is 6.62. The Bertz CT molecular complexity index is 373. The molecule has 0 bridgehead atoms. The van der Waals surface area contributed by atoms with Gasteiger partial charge in [0.25, 0.3) is 0 Å². The fourth-order valence-electron chi connectivity index (χ4n) is 2.25. The SMILES string of the molecule is COC(OC)C(C)NCc1cccc(C2CC2)c1. The number of hydrogen-bond donors (Lipinski definition) is 1. The lowest BCUT2D eigenvalue weighted by atomic mass is 10.1. The Balaban J connectivity index is 1.87. The number of benzene rings is 1. The third kappa shape index (κ3) is 3.55. The van der Waals surface area contributed by atoms with Crippen molar-refractivity contribution in [2.45, 2.75) is 44.6 Å². The second kappa shape index (κ2) is 6.32. The summed E-state index contributed by atoms with van der Waals surface area (Å²) in [6.45, 7) is 2.92. The fourth-order valence-corrected chi connectivity index (χ4v) is 2.25. The quantitative estimate of drug-likeness (QED) is 0.754. The number of rotatable bonds is 7. The van der Waals surface area contributed by atoms with Crippen LogP contribution in [0.25, 0.3) is 0 Å². The van der Waals surface area contributed by atoms with Gasteiger partial charge in [0.1, 0.15) is 0 Å². The van der Waals surface area contributed by atoms with Crippen molar-refractivity contribution in [2.24, 2.45) is 0 Å². The van der Waals surface area contributed by atoms with Gasteiger partial charge in [0.2, 0.25) is 0 Å². The minimum Gasteiger partial charge on any atom is -0.354 e. The largest absolute Gasteiger partial charge is 0.354 e. The van der Waals surface area contributed by atoms with Crippen LogP contribution in [0.2, 0.25) is 0 Å². The van der Waals surface area contributed by atoms with Crippen molar-refractivity contribution >= 4 is 0 Å². The van der Waals surface area contributed by atoms with E-state index in [1.165, 1.54) is 24.0 Å². The average molecular weight is 249 g/mol. The summed E-state index contributed by atoms with van der Waals surface area (Å²) in [5.41, 5.74) is 2.81. The highest BCUT2D eigenvalue weighted by Gasteiger charge is 2.23. The Morgan fingerprint density at radius 1 is 1.28 bits per heavy atom. The van der Waals surface area contributed by atoms with Crippen molar-refractivity contribution in [1.29, 1.82) is 0 Å². The molecule has 1 unspecified atom stereocenters. The summed E-state index contributed by atoms with van der Waals surface area (Å²) in [7, 11) is 3.33. The van der Waals surface area contributed by atoms with E-state index in [0.717, 1.165) is 12.5 Å². The van der Waals surface area contributed by atoms with Crippen molar-refractivity contribution < 1.29 is 9.47 Å². The Morgan fingerprint density at radius 2 is 2.00 bits per heavy atom. The molecule has 3 nitrogen and oxygen atoms in total. The van der Waals surface area contributed by atoms with Gasteiger partial charge in [0, 0.05) is 20.8 Å². The summed E-state index contributed by atoms with van der Waals surface area (Å²) >= 11 is 0. The average Bonchev–Trinajstić information content (AvgIpc) is 3.22. The lowest BCUT2D eigenvalue weighted by Crippen LogP contribution is -2.39. The van der Waals surface area contributed by atoms with Crippen LogP contribution in [0.3, 0.4) is 0 Å². The summed E-state index contributed by atoms with van der Waals surface area (Å²) < 4.78 is 10.5. The van der Waals surface area contributed by atoms with E-state index in [1.807, 2.05) is 0 Å². The molecule has 2 rings (SSSR count). The predicted octanol–water partition coefficient (Wildman–Crippen LogP) is 2.66. The van der Waals surface area contributed by atoms with Crippen LogP contribution in [0.15, 0.2) is 24.3 Å². The van der Waals surface area contributed by atoms with Gasteiger partial charge in [-0.2, -0.15) is 0 Å². The molecule has 3 heteroatoms. The Labute approximate surface area is 109 Å². The molecular formula is C15H23NO2. The summed E-state index contributed by atoms with van der Waals surface area (Å²) in [6, 6.07) is 9.04. The molecular weight excluding hydrogens is 226 g/mol. The first kappa shape index (κ1) is 13.5. The van der Waals surface area contributed by atoms with Gasteiger partial charge >= 0.3 is 0 Å². The van der Waals surface area contributed by atoms with Gasteiger partial charge in [-0.05, 0) is 36.8 Å². The summed E-state index contributed by atoms with van der Waals surface area (Å²) in [5, 5.41) is 3.44. The maximum Gasteiger partial charge on any atom is 0.171 e. The van der Waals surface area contributed by atoms with Gasteiger partial charge in [0.05, 0.1) is 6.04 Å². The van der Waals surface area contributed by atoms with E-state index < -0.39 is 0 Å².